The van der Waals surface area contributed by atoms with E-state index in [-0.39, 0.29) is 0 Å². The van der Waals surface area contributed by atoms with Gasteiger partial charge < -0.3 is 10.2 Å². The highest BCUT2D eigenvalue weighted by Crippen LogP contribution is 2.25. The number of rotatable bonds is 5. The van der Waals surface area contributed by atoms with Crippen molar-refractivity contribution in [3.63, 3.8) is 0 Å². The van der Waals surface area contributed by atoms with Crippen molar-refractivity contribution in [1.29, 1.82) is 0 Å². The van der Waals surface area contributed by atoms with E-state index in [9.17, 15) is 4.79 Å². The van der Waals surface area contributed by atoms with Crippen LogP contribution in [0.4, 0.5) is 0 Å². The Balaban J connectivity index is 1.65. The molecule has 1 aliphatic heterocycles. The molecule has 1 aliphatic carbocycles. The Morgan fingerprint density at radius 3 is 2.40 bits per heavy atom. The van der Waals surface area contributed by atoms with Crippen LogP contribution in [0, 0.1) is 5.92 Å². The quantitative estimate of drug-likeness (QED) is 0.783. The zero-order valence-corrected chi connectivity index (χ0v) is 13.2. The minimum absolute atomic E-state index is 0.368. The lowest BCUT2D eigenvalue weighted by molar-refractivity contribution is -0.131. The number of amides is 1. The van der Waals surface area contributed by atoms with Gasteiger partial charge in [0.1, 0.15) is 0 Å². The third-order valence-corrected chi connectivity index (χ3v) is 5.09. The first-order valence-electron chi connectivity index (χ1n) is 8.73. The average molecular weight is 280 g/mol. The van der Waals surface area contributed by atoms with Gasteiger partial charge in [-0.3, -0.25) is 4.79 Å². The lowest BCUT2D eigenvalue weighted by atomic mass is 9.96. The standard InChI is InChI=1S/C17H32N2O/c1-19(13-11-16-10-6-7-12-18-16)17(20)14-15-8-4-2-3-5-9-15/h15-16,18H,2-14H2,1H3. The third kappa shape index (κ3) is 5.43. The summed E-state index contributed by atoms with van der Waals surface area (Å²) in [5, 5.41) is 3.57. The Kier molecular flexibility index (Phi) is 6.85. The highest BCUT2D eigenvalue weighted by molar-refractivity contribution is 5.76. The van der Waals surface area contributed by atoms with Crippen LogP contribution in [0.25, 0.3) is 0 Å². The summed E-state index contributed by atoms with van der Waals surface area (Å²) in [6.07, 6.45) is 13.8. The molecule has 1 N–H and O–H groups in total. The number of hydrogen-bond acceptors (Lipinski definition) is 2. The fourth-order valence-corrected chi connectivity index (χ4v) is 3.62. The summed E-state index contributed by atoms with van der Waals surface area (Å²) in [6, 6.07) is 0.636. The molecule has 3 heteroatoms. The van der Waals surface area contributed by atoms with Crippen molar-refractivity contribution in [3.8, 4) is 0 Å². The number of nitrogens with zero attached hydrogens (tertiary/aromatic N) is 1. The molecule has 1 saturated carbocycles. The van der Waals surface area contributed by atoms with Crippen molar-refractivity contribution in [3.05, 3.63) is 0 Å². The van der Waals surface area contributed by atoms with Gasteiger partial charge >= 0.3 is 0 Å². The highest BCUT2D eigenvalue weighted by Gasteiger charge is 2.19. The van der Waals surface area contributed by atoms with Crippen LogP contribution in [-0.4, -0.2) is 37.0 Å². The van der Waals surface area contributed by atoms with Crippen LogP contribution >= 0.6 is 0 Å². The number of carbonyl (C=O) groups excluding carboxylic acids is 1. The van der Waals surface area contributed by atoms with Crippen molar-refractivity contribution < 1.29 is 4.79 Å². The van der Waals surface area contributed by atoms with Gasteiger partial charge in [0, 0.05) is 26.1 Å². The monoisotopic (exact) mass is 280 g/mol. The van der Waals surface area contributed by atoms with Crippen LogP contribution in [-0.2, 0) is 4.79 Å². The Morgan fingerprint density at radius 2 is 1.75 bits per heavy atom. The maximum atomic E-state index is 12.3. The van der Waals surface area contributed by atoms with E-state index in [0.717, 1.165) is 25.9 Å². The molecule has 0 bridgehead atoms. The SMILES string of the molecule is CN(CCC1CCCCN1)C(=O)CC1CCCCCC1. The van der Waals surface area contributed by atoms with Gasteiger partial charge in [-0.1, -0.05) is 32.1 Å². The van der Waals surface area contributed by atoms with Crippen molar-refractivity contribution in [2.45, 2.75) is 76.7 Å². The first-order valence-corrected chi connectivity index (χ1v) is 8.73. The maximum absolute atomic E-state index is 12.3. The van der Waals surface area contributed by atoms with E-state index in [4.69, 9.17) is 0 Å². The largest absolute Gasteiger partial charge is 0.346 e. The fourth-order valence-electron chi connectivity index (χ4n) is 3.62. The molecule has 0 aromatic heterocycles. The van der Waals surface area contributed by atoms with E-state index in [1.807, 2.05) is 11.9 Å². The molecule has 0 radical (unpaired) electrons. The topological polar surface area (TPSA) is 32.3 Å². The maximum Gasteiger partial charge on any atom is 0.222 e. The van der Waals surface area contributed by atoms with Crippen LogP contribution in [0.2, 0.25) is 0 Å². The molecule has 1 heterocycles. The predicted molar refractivity (Wildman–Crippen MR) is 83.7 cm³/mol. The minimum atomic E-state index is 0.368. The smallest absolute Gasteiger partial charge is 0.222 e. The molecule has 1 atom stereocenters. The summed E-state index contributed by atoms with van der Waals surface area (Å²) < 4.78 is 0. The van der Waals surface area contributed by atoms with E-state index >= 15 is 0 Å². The van der Waals surface area contributed by atoms with Crippen LogP contribution < -0.4 is 5.32 Å². The molecule has 3 nitrogen and oxygen atoms in total. The molecular weight excluding hydrogens is 248 g/mol. The van der Waals surface area contributed by atoms with Crippen LogP contribution in [0.15, 0.2) is 0 Å². The van der Waals surface area contributed by atoms with Crippen molar-refractivity contribution in [1.82, 2.24) is 10.2 Å². The first-order chi connectivity index (χ1) is 9.75. The summed E-state index contributed by atoms with van der Waals surface area (Å²) in [7, 11) is 1.99. The molecule has 1 unspecified atom stereocenters. The lowest BCUT2D eigenvalue weighted by Crippen LogP contribution is -2.38. The van der Waals surface area contributed by atoms with Crippen molar-refractivity contribution in [2.75, 3.05) is 20.1 Å². The molecule has 1 saturated heterocycles. The Hall–Kier alpha value is -0.570. The zero-order chi connectivity index (χ0) is 14.2. The average Bonchev–Trinajstić information content (AvgIpc) is 2.74. The molecule has 0 spiro atoms. The number of nitrogens with one attached hydrogen (secondary N) is 1. The summed E-state index contributed by atoms with van der Waals surface area (Å²) in [5.41, 5.74) is 0. The molecule has 20 heavy (non-hydrogen) atoms. The van der Waals surface area contributed by atoms with Crippen LogP contribution in [0.5, 0.6) is 0 Å². The molecule has 2 aliphatic rings. The minimum Gasteiger partial charge on any atom is -0.346 e. The molecule has 1 amide bonds. The van der Waals surface area contributed by atoms with Gasteiger partial charge in [-0.15, -0.1) is 0 Å². The number of hydrogen-bond donors (Lipinski definition) is 1. The lowest BCUT2D eigenvalue weighted by Gasteiger charge is -2.26. The van der Waals surface area contributed by atoms with Crippen LogP contribution in [0.1, 0.15) is 70.6 Å². The molecule has 2 fully saturated rings. The van der Waals surface area contributed by atoms with Gasteiger partial charge in [-0.05, 0) is 44.6 Å². The van der Waals surface area contributed by atoms with Crippen LogP contribution in [0.3, 0.4) is 0 Å². The van der Waals surface area contributed by atoms with Gasteiger partial charge in [-0.25, -0.2) is 0 Å². The second-order valence-electron chi connectivity index (χ2n) is 6.81. The number of piperidine rings is 1. The Labute approximate surface area is 124 Å². The normalized spacial score (nSPS) is 25.1. The highest BCUT2D eigenvalue weighted by atomic mass is 16.2. The van der Waals surface area contributed by atoms with Gasteiger partial charge in [0.05, 0.1) is 0 Å². The van der Waals surface area contributed by atoms with Gasteiger partial charge in [0.2, 0.25) is 5.91 Å². The van der Waals surface area contributed by atoms with Gasteiger partial charge in [0.15, 0.2) is 0 Å². The first kappa shape index (κ1) is 15.8. The second-order valence-corrected chi connectivity index (χ2v) is 6.81. The van der Waals surface area contributed by atoms with E-state index in [1.165, 1.54) is 57.8 Å². The van der Waals surface area contributed by atoms with E-state index in [1.54, 1.807) is 0 Å². The summed E-state index contributed by atoms with van der Waals surface area (Å²) >= 11 is 0. The van der Waals surface area contributed by atoms with Gasteiger partial charge in [0.25, 0.3) is 0 Å². The number of carbonyl (C=O) groups is 1. The molecule has 2 rings (SSSR count). The second kappa shape index (κ2) is 8.66. The van der Waals surface area contributed by atoms with Gasteiger partial charge in [-0.2, -0.15) is 0 Å². The summed E-state index contributed by atoms with van der Waals surface area (Å²) in [4.78, 5) is 14.3. The van der Waals surface area contributed by atoms with E-state index in [0.29, 0.717) is 17.9 Å². The Bertz CT molecular complexity index is 279. The molecule has 0 aromatic carbocycles. The van der Waals surface area contributed by atoms with E-state index in [2.05, 4.69) is 5.32 Å². The zero-order valence-electron chi connectivity index (χ0n) is 13.2. The predicted octanol–water partition coefficient (Wildman–Crippen LogP) is 3.34. The Morgan fingerprint density at radius 1 is 1.05 bits per heavy atom. The van der Waals surface area contributed by atoms with Crippen molar-refractivity contribution >= 4 is 5.91 Å². The van der Waals surface area contributed by atoms with Crippen molar-refractivity contribution in [2.24, 2.45) is 5.92 Å². The van der Waals surface area contributed by atoms with E-state index < -0.39 is 0 Å². The molecular formula is C17H32N2O. The molecule has 0 aromatic rings. The fraction of sp³-hybridized carbons (Fsp3) is 0.941. The molecule has 116 valence electrons. The summed E-state index contributed by atoms with van der Waals surface area (Å²) in [6.45, 7) is 2.08. The third-order valence-electron chi connectivity index (χ3n) is 5.09. The summed E-state index contributed by atoms with van der Waals surface area (Å²) in [5.74, 6) is 1.02.